The number of benzene rings is 1. The van der Waals surface area contributed by atoms with Crippen LogP contribution in [0, 0.1) is 13.8 Å². The Hall–Kier alpha value is -1.27. The molecule has 2 rings (SSSR count). The molecule has 0 spiro atoms. The van der Waals surface area contributed by atoms with Crippen molar-refractivity contribution < 1.29 is 14.3 Å². The summed E-state index contributed by atoms with van der Waals surface area (Å²) in [5.41, 5.74) is 1.90. The van der Waals surface area contributed by atoms with E-state index in [4.69, 9.17) is 9.47 Å². The number of nitrogens with one attached hydrogen (secondary N) is 1. The second kappa shape index (κ2) is 9.09. The van der Waals surface area contributed by atoms with Gasteiger partial charge < -0.3 is 14.8 Å². The molecule has 0 radical (unpaired) electrons. The summed E-state index contributed by atoms with van der Waals surface area (Å²) in [7, 11) is 0. The van der Waals surface area contributed by atoms with E-state index in [2.05, 4.69) is 52.1 Å². The van der Waals surface area contributed by atoms with Crippen LogP contribution in [0.15, 0.2) is 16.6 Å². The predicted octanol–water partition coefficient (Wildman–Crippen LogP) is 4.43. The Labute approximate surface area is 165 Å². The quantitative estimate of drug-likeness (QED) is 0.755. The summed E-state index contributed by atoms with van der Waals surface area (Å²) in [5.74, 6) is 0.906. The number of aryl methyl sites for hydroxylation is 2. The van der Waals surface area contributed by atoms with E-state index in [9.17, 15) is 4.79 Å². The molecule has 1 amide bonds. The molecule has 146 valence electrons. The molecule has 1 aromatic rings. The molecule has 1 saturated heterocycles. The third kappa shape index (κ3) is 6.80. The Morgan fingerprint density at radius 2 is 1.96 bits per heavy atom. The molecule has 6 heteroatoms. The number of hydrogen-bond donors (Lipinski definition) is 1. The first-order chi connectivity index (χ1) is 12.1. The number of amides is 1. The maximum Gasteiger partial charge on any atom is 0.407 e. The van der Waals surface area contributed by atoms with Gasteiger partial charge in [-0.2, -0.15) is 0 Å². The van der Waals surface area contributed by atoms with Crippen molar-refractivity contribution in [3.63, 3.8) is 0 Å². The van der Waals surface area contributed by atoms with E-state index in [1.54, 1.807) is 0 Å². The summed E-state index contributed by atoms with van der Waals surface area (Å²) in [5, 5.41) is 2.99. The number of hydrogen-bond acceptors (Lipinski definition) is 4. The molecule has 1 aliphatic rings. The first-order valence-corrected chi connectivity index (χ1v) is 10.0. The zero-order valence-corrected chi connectivity index (χ0v) is 18.1. The number of rotatable bonds is 5. The smallest absolute Gasteiger partial charge is 0.407 e. The molecule has 1 atom stereocenters. The lowest BCUT2D eigenvalue weighted by Crippen LogP contribution is -2.49. The van der Waals surface area contributed by atoms with Crippen LogP contribution in [-0.2, 0) is 4.74 Å². The summed E-state index contributed by atoms with van der Waals surface area (Å²) in [6.45, 7) is 13.1. The fraction of sp³-hybridized carbons (Fsp3) is 0.650. The van der Waals surface area contributed by atoms with E-state index in [0.717, 1.165) is 42.7 Å². The van der Waals surface area contributed by atoms with E-state index in [0.29, 0.717) is 6.61 Å². The van der Waals surface area contributed by atoms with Gasteiger partial charge in [0.25, 0.3) is 0 Å². The standard InChI is InChI=1S/C20H31BrN2O3/c1-14-11-17(12-15(2)18(14)21)25-10-9-23-8-6-7-16(13-23)22-19(24)26-20(3,4)5/h11-12,16H,6-10,13H2,1-5H3,(H,22,24)/t16-/m0/s1. The van der Waals surface area contributed by atoms with Gasteiger partial charge in [-0.25, -0.2) is 4.79 Å². The SMILES string of the molecule is Cc1cc(OCCN2CCC[C@H](NC(=O)OC(C)(C)C)C2)cc(C)c1Br. The van der Waals surface area contributed by atoms with Crippen LogP contribution in [0.3, 0.4) is 0 Å². The molecule has 0 bridgehead atoms. The topological polar surface area (TPSA) is 50.8 Å². The van der Waals surface area contributed by atoms with Gasteiger partial charge in [0.15, 0.2) is 0 Å². The summed E-state index contributed by atoms with van der Waals surface area (Å²) in [6.07, 6.45) is 1.72. The number of nitrogens with zero attached hydrogens (tertiary/aromatic N) is 1. The Bertz CT molecular complexity index is 605. The Morgan fingerprint density at radius 1 is 1.31 bits per heavy atom. The number of alkyl carbamates (subject to hydrolysis) is 1. The van der Waals surface area contributed by atoms with Crippen LogP contribution >= 0.6 is 15.9 Å². The Kier molecular flexibility index (Phi) is 7.35. The van der Waals surface area contributed by atoms with Gasteiger partial charge in [0.1, 0.15) is 18.0 Å². The Morgan fingerprint density at radius 3 is 2.58 bits per heavy atom. The lowest BCUT2D eigenvalue weighted by Gasteiger charge is -2.33. The van der Waals surface area contributed by atoms with Crippen molar-refractivity contribution in [1.29, 1.82) is 0 Å². The number of likely N-dealkylation sites (tertiary alicyclic amines) is 1. The van der Waals surface area contributed by atoms with Gasteiger partial charge in [-0.15, -0.1) is 0 Å². The molecule has 0 unspecified atom stereocenters. The zero-order valence-electron chi connectivity index (χ0n) is 16.5. The molecule has 1 heterocycles. The van der Waals surface area contributed by atoms with Crippen molar-refractivity contribution in [1.82, 2.24) is 10.2 Å². The van der Waals surface area contributed by atoms with E-state index >= 15 is 0 Å². The van der Waals surface area contributed by atoms with Crippen LogP contribution in [0.1, 0.15) is 44.7 Å². The number of ether oxygens (including phenoxy) is 2. The highest BCUT2D eigenvalue weighted by Crippen LogP contribution is 2.26. The van der Waals surface area contributed by atoms with E-state index in [-0.39, 0.29) is 12.1 Å². The van der Waals surface area contributed by atoms with Gasteiger partial charge in [-0.3, -0.25) is 4.90 Å². The molecule has 1 aromatic carbocycles. The first kappa shape index (κ1) is 21.0. The minimum Gasteiger partial charge on any atom is -0.492 e. The maximum atomic E-state index is 11.9. The summed E-state index contributed by atoms with van der Waals surface area (Å²) in [4.78, 5) is 14.3. The van der Waals surface area contributed by atoms with Gasteiger partial charge in [-0.05, 0) is 77.3 Å². The molecule has 1 fully saturated rings. The molecule has 1 N–H and O–H groups in total. The normalized spacial score (nSPS) is 18.5. The van der Waals surface area contributed by atoms with Gasteiger partial charge in [0.2, 0.25) is 0 Å². The molecular formula is C20H31BrN2O3. The predicted molar refractivity (Wildman–Crippen MR) is 108 cm³/mol. The summed E-state index contributed by atoms with van der Waals surface area (Å²) in [6, 6.07) is 4.25. The minimum atomic E-state index is -0.465. The molecular weight excluding hydrogens is 396 g/mol. The summed E-state index contributed by atoms with van der Waals surface area (Å²) < 4.78 is 12.4. The summed E-state index contributed by atoms with van der Waals surface area (Å²) >= 11 is 3.58. The van der Waals surface area contributed by atoms with E-state index in [1.165, 1.54) is 11.1 Å². The van der Waals surface area contributed by atoms with Crippen LogP contribution in [-0.4, -0.2) is 48.9 Å². The van der Waals surface area contributed by atoms with Crippen LogP contribution in [0.2, 0.25) is 0 Å². The van der Waals surface area contributed by atoms with Gasteiger partial charge in [-0.1, -0.05) is 15.9 Å². The highest BCUT2D eigenvalue weighted by molar-refractivity contribution is 9.10. The second-order valence-corrected chi connectivity index (χ2v) is 8.80. The number of carbonyl (C=O) groups excluding carboxylic acids is 1. The molecule has 0 aliphatic carbocycles. The first-order valence-electron chi connectivity index (χ1n) is 9.25. The van der Waals surface area contributed by atoms with E-state index < -0.39 is 5.60 Å². The number of piperidine rings is 1. The van der Waals surface area contributed by atoms with Crippen molar-refractivity contribution in [2.24, 2.45) is 0 Å². The average molecular weight is 427 g/mol. The van der Waals surface area contributed by atoms with Gasteiger partial charge in [0.05, 0.1) is 0 Å². The highest BCUT2D eigenvalue weighted by atomic mass is 79.9. The Balaban J connectivity index is 1.77. The van der Waals surface area contributed by atoms with Crippen molar-refractivity contribution in [3.8, 4) is 5.75 Å². The maximum absolute atomic E-state index is 11.9. The molecule has 0 aromatic heterocycles. The third-order valence-electron chi connectivity index (χ3n) is 4.31. The number of carbonyl (C=O) groups is 1. The molecule has 26 heavy (non-hydrogen) atoms. The lowest BCUT2D eigenvalue weighted by atomic mass is 10.1. The van der Waals surface area contributed by atoms with Gasteiger partial charge in [0, 0.05) is 23.6 Å². The van der Waals surface area contributed by atoms with Gasteiger partial charge >= 0.3 is 6.09 Å². The lowest BCUT2D eigenvalue weighted by molar-refractivity contribution is 0.0469. The van der Waals surface area contributed by atoms with Crippen molar-refractivity contribution >= 4 is 22.0 Å². The van der Waals surface area contributed by atoms with Crippen LogP contribution in [0.5, 0.6) is 5.75 Å². The largest absolute Gasteiger partial charge is 0.492 e. The molecule has 1 aliphatic heterocycles. The van der Waals surface area contributed by atoms with Crippen molar-refractivity contribution in [2.45, 2.75) is 59.1 Å². The van der Waals surface area contributed by atoms with Crippen molar-refractivity contribution in [2.75, 3.05) is 26.2 Å². The van der Waals surface area contributed by atoms with Crippen molar-refractivity contribution in [3.05, 3.63) is 27.7 Å². The monoisotopic (exact) mass is 426 g/mol. The van der Waals surface area contributed by atoms with Crippen LogP contribution in [0.4, 0.5) is 4.79 Å². The minimum absolute atomic E-state index is 0.135. The zero-order chi connectivity index (χ0) is 19.3. The third-order valence-corrected chi connectivity index (χ3v) is 5.56. The molecule has 5 nitrogen and oxygen atoms in total. The fourth-order valence-corrected chi connectivity index (χ4v) is 3.36. The van der Waals surface area contributed by atoms with E-state index in [1.807, 2.05) is 20.8 Å². The second-order valence-electron chi connectivity index (χ2n) is 8.01. The molecule has 0 saturated carbocycles. The number of halogens is 1. The highest BCUT2D eigenvalue weighted by Gasteiger charge is 2.24. The fourth-order valence-electron chi connectivity index (χ4n) is 3.13. The van der Waals surface area contributed by atoms with Crippen LogP contribution in [0.25, 0.3) is 0 Å². The van der Waals surface area contributed by atoms with Crippen LogP contribution < -0.4 is 10.1 Å². The average Bonchev–Trinajstić information content (AvgIpc) is 2.51.